The molecule has 0 aliphatic carbocycles. The Morgan fingerprint density at radius 1 is 1.05 bits per heavy atom. The minimum Gasteiger partial charge on any atom is -0.489 e. The van der Waals surface area contributed by atoms with E-state index in [2.05, 4.69) is 0 Å². The van der Waals surface area contributed by atoms with Gasteiger partial charge < -0.3 is 9.84 Å². The lowest BCUT2D eigenvalue weighted by Crippen LogP contribution is -2.10. The van der Waals surface area contributed by atoms with Crippen LogP contribution in [0.1, 0.15) is 16.7 Å². The molecule has 0 saturated heterocycles. The van der Waals surface area contributed by atoms with Gasteiger partial charge in [0, 0.05) is 5.56 Å². The predicted molar refractivity (Wildman–Crippen MR) is 73.6 cm³/mol. The van der Waals surface area contributed by atoms with Crippen LogP contribution in [0.2, 0.25) is 0 Å². The Morgan fingerprint density at radius 3 is 2.27 bits per heavy atom. The van der Waals surface area contributed by atoms with Gasteiger partial charge in [-0.1, -0.05) is 30.3 Å². The Hall–Kier alpha value is -2.50. The van der Waals surface area contributed by atoms with Gasteiger partial charge in [0.1, 0.15) is 12.4 Å². The first-order chi connectivity index (χ1) is 10.4. The predicted octanol–water partition coefficient (Wildman–Crippen LogP) is 3.91. The summed E-state index contributed by atoms with van der Waals surface area (Å²) in [6.07, 6.45) is -4.54. The first-order valence-electron chi connectivity index (χ1n) is 6.45. The van der Waals surface area contributed by atoms with Crippen LogP contribution >= 0.6 is 0 Å². The third-order valence-electron chi connectivity index (χ3n) is 3.00. The van der Waals surface area contributed by atoms with E-state index in [1.807, 2.05) is 0 Å². The Labute approximate surface area is 125 Å². The van der Waals surface area contributed by atoms with E-state index in [9.17, 15) is 18.0 Å². The molecule has 0 saturated carbocycles. The van der Waals surface area contributed by atoms with Crippen LogP contribution in [0.4, 0.5) is 13.2 Å². The summed E-state index contributed by atoms with van der Waals surface area (Å²) in [6, 6.07) is 11.4. The number of aliphatic carboxylic acids is 1. The van der Waals surface area contributed by atoms with Crippen molar-refractivity contribution in [2.75, 3.05) is 0 Å². The maximum absolute atomic E-state index is 12.8. The van der Waals surface area contributed by atoms with Gasteiger partial charge in [0.05, 0.1) is 12.0 Å². The highest BCUT2D eigenvalue weighted by atomic mass is 19.4. The number of halogens is 3. The second-order valence-electron chi connectivity index (χ2n) is 4.66. The molecule has 3 nitrogen and oxygen atoms in total. The molecule has 2 aromatic rings. The Kier molecular flexibility index (Phi) is 4.70. The van der Waals surface area contributed by atoms with E-state index in [1.165, 1.54) is 30.3 Å². The third-order valence-corrected chi connectivity index (χ3v) is 3.00. The molecule has 0 bridgehead atoms. The Bertz CT molecular complexity index is 648. The van der Waals surface area contributed by atoms with E-state index < -0.39 is 17.7 Å². The van der Waals surface area contributed by atoms with Gasteiger partial charge in [0.25, 0.3) is 0 Å². The maximum atomic E-state index is 12.8. The number of alkyl halides is 3. The lowest BCUT2D eigenvalue weighted by molar-refractivity contribution is -0.138. The molecule has 0 heterocycles. The van der Waals surface area contributed by atoms with Crippen LogP contribution < -0.4 is 4.74 Å². The molecule has 0 amide bonds. The molecule has 1 N–H and O–H groups in total. The normalized spacial score (nSPS) is 11.2. The summed E-state index contributed by atoms with van der Waals surface area (Å²) < 4.78 is 43.9. The fourth-order valence-corrected chi connectivity index (χ4v) is 1.96. The Balaban J connectivity index is 2.06. The molecule has 0 aromatic heterocycles. The third kappa shape index (κ3) is 4.25. The van der Waals surface area contributed by atoms with Gasteiger partial charge in [-0.05, 0) is 23.8 Å². The molecule has 22 heavy (non-hydrogen) atoms. The molecule has 2 rings (SSSR count). The fraction of sp³-hybridized carbons (Fsp3) is 0.188. The number of rotatable bonds is 5. The van der Waals surface area contributed by atoms with E-state index >= 15 is 0 Å². The van der Waals surface area contributed by atoms with Crippen LogP contribution in [0.25, 0.3) is 0 Å². The summed E-state index contributed by atoms with van der Waals surface area (Å²) in [5.74, 6) is -0.570. The van der Waals surface area contributed by atoms with Crippen LogP contribution in [0.15, 0.2) is 48.5 Å². The monoisotopic (exact) mass is 310 g/mol. The summed E-state index contributed by atoms with van der Waals surface area (Å²) in [6.45, 7) is -0.214. The largest absolute Gasteiger partial charge is 0.489 e. The van der Waals surface area contributed by atoms with Crippen molar-refractivity contribution in [1.29, 1.82) is 0 Å². The van der Waals surface area contributed by atoms with Crippen molar-refractivity contribution in [3.8, 4) is 5.75 Å². The van der Waals surface area contributed by atoms with Gasteiger partial charge in [-0.15, -0.1) is 0 Å². The number of carboxylic acids is 1. The lowest BCUT2D eigenvalue weighted by Gasteiger charge is -2.13. The van der Waals surface area contributed by atoms with Gasteiger partial charge in [-0.3, -0.25) is 4.79 Å². The molecule has 116 valence electrons. The van der Waals surface area contributed by atoms with Gasteiger partial charge >= 0.3 is 12.1 Å². The lowest BCUT2D eigenvalue weighted by atomic mass is 10.1. The topological polar surface area (TPSA) is 46.5 Å². The molecule has 0 aliphatic heterocycles. The number of carbonyl (C=O) groups is 1. The van der Waals surface area contributed by atoms with Gasteiger partial charge in [0.2, 0.25) is 0 Å². The SMILES string of the molecule is O=C(O)Cc1ccc(OCc2ccccc2C(F)(F)F)cc1. The van der Waals surface area contributed by atoms with Crippen LogP contribution in [-0.4, -0.2) is 11.1 Å². The van der Waals surface area contributed by atoms with Crippen molar-refractivity contribution in [2.24, 2.45) is 0 Å². The van der Waals surface area contributed by atoms with Crippen LogP contribution in [0, 0.1) is 0 Å². The zero-order chi connectivity index (χ0) is 16.2. The molecule has 0 aliphatic rings. The van der Waals surface area contributed by atoms with E-state index in [0.717, 1.165) is 6.07 Å². The summed E-state index contributed by atoms with van der Waals surface area (Å²) in [5, 5.41) is 8.66. The molecule has 0 radical (unpaired) electrons. The Morgan fingerprint density at radius 2 is 1.68 bits per heavy atom. The minimum atomic E-state index is -4.43. The van der Waals surface area contributed by atoms with E-state index in [4.69, 9.17) is 9.84 Å². The van der Waals surface area contributed by atoms with Gasteiger partial charge in [-0.2, -0.15) is 13.2 Å². The summed E-state index contributed by atoms with van der Waals surface area (Å²) in [4.78, 5) is 10.6. The molecule has 0 fully saturated rings. The summed E-state index contributed by atoms with van der Waals surface area (Å²) in [7, 11) is 0. The quantitative estimate of drug-likeness (QED) is 0.910. The number of ether oxygens (including phenoxy) is 1. The maximum Gasteiger partial charge on any atom is 0.416 e. The zero-order valence-electron chi connectivity index (χ0n) is 11.4. The molecule has 0 unspecified atom stereocenters. The van der Waals surface area contributed by atoms with Crippen molar-refractivity contribution in [2.45, 2.75) is 19.2 Å². The standard InChI is InChI=1S/C16H13F3O3/c17-16(18,19)14-4-2-1-3-12(14)10-22-13-7-5-11(6-8-13)9-15(20)21/h1-8H,9-10H2,(H,20,21). The van der Waals surface area contributed by atoms with Crippen molar-refractivity contribution >= 4 is 5.97 Å². The van der Waals surface area contributed by atoms with E-state index in [-0.39, 0.29) is 18.6 Å². The first-order valence-corrected chi connectivity index (χ1v) is 6.45. The molecule has 2 aromatic carbocycles. The second-order valence-corrected chi connectivity index (χ2v) is 4.66. The first kappa shape index (κ1) is 15.9. The average molecular weight is 310 g/mol. The molecular weight excluding hydrogens is 297 g/mol. The number of benzene rings is 2. The second kappa shape index (κ2) is 6.51. The highest BCUT2D eigenvalue weighted by Gasteiger charge is 2.32. The number of hydrogen-bond donors (Lipinski definition) is 1. The van der Waals surface area contributed by atoms with Crippen molar-refractivity contribution in [3.63, 3.8) is 0 Å². The zero-order valence-corrected chi connectivity index (χ0v) is 11.4. The number of hydrogen-bond acceptors (Lipinski definition) is 2. The molecular formula is C16H13F3O3. The molecule has 0 spiro atoms. The average Bonchev–Trinajstić information content (AvgIpc) is 2.45. The highest BCUT2D eigenvalue weighted by Crippen LogP contribution is 2.32. The van der Waals surface area contributed by atoms with Crippen molar-refractivity contribution in [1.82, 2.24) is 0 Å². The van der Waals surface area contributed by atoms with Crippen molar-refractivity contribution < 1.29 is 27.8 Å². The highest BCUT2D eigenvalue weighted by molar-refractivity contribution is 5.70. The summed E-state index contributed by atoms with van der Waals surface area (Å²) in [5.41, 5.74) is -0.0855. The van der Waals surface area contributed by atoms with Crippen LogP contribution in [0.5, 0.6) is 5.75 Å². The summed E-state index contributed by atoms with van der Waals surface area (Å²) >= 11 is 0. The van der Waals surface area contributed by atoms with E-state index in [0.29, 0.717) is 11.3 Å². The minimum absolute atomic E-state index is 0.0459. The van der Waals surface area contributed by atoms with Gasteiger partial charge in [-0.25, -0.2) is 0 Å². The number of carboxylic acid groups (broad SMARTS) is 1. The van der Waals surface area contributed by atoms with Crippen LogP contribution in [-0.2, 0) is 24.0 Å². The van der Waals surface area contributed by atoms with Gasteiger partial charge in [0.15, 0.2) is 0 Å². The fourth-order valence-electron chi connectivity index (χ4n) is 1.96. The van der Waals surface area contributed by atoms with Crippen LogP contribution in [0.3, 0.4) is 0 Å². The van der Waals surface area contributed by atoms with Crippen molar-refractivity contribution in [3.05, 3.63) is 65.2 Å². The molecule has 6 heteroatoms. The van der Waals surface area contributed by atoms with E-state index in [1.54, 1.807) is 12.1 Å². The molecule has 0 atom stereocenters. The smallest absolute Gasteiger partial charge is 0.416 e.